The van der Waals surface area contributed by atoms with E-state index in [0.29, 0.717) is 39.5 Å². The fourth-order valence-electron chi connectivity index (χ4n) is 4.17. The average Bonchev–Trinajstić information content (AvgIpc) is 3.63. The number of furan rings is 1. The number of rotatable bonds is 5. The number of hydrogen-bond donors (Lipinski definition) is 0. The lowest BCUT2D eigenvalue weighted by Gasteiger charge is -2.33. The summed E-state index contributed by atoms with van der Waals surface area (Å²) in [6.45, 7) is 5.89. The van der Waals surface area contributed by atoms with E-state index in [1.165, 1.54) is 10.8 Å². The van der Waals surface area contributed by atoms with Crippen molar-refractivity contribution in [2.24, 2.45) is 0 Å². The number of piperazine rings is 1. The zero-order valence-electron chi connectivity index (χ0n) is 19.2. The van der Waals surface area contributed by atoms with Gasteiger partial charge in [-0.15, -0.1) is 11.3 Å². The molecule has 2 aliphatic rings. The molecule has 0 unspecified atom stereocenters. The lowest BCUT2D eigenvalue weighted by Crippen LogP contribution is -2.49. The first-order valence-electron chi connectivity index (χ1n) is 11.4. The molecule has 0 saturated carbocycles. The number of thiazole rings is 1. The molecule has 0 atom stereocenters. The summed E-state index contributed by atoms with van der Waals surface area (Å²) in [6.07, 6.45) is 3.26. The van der Waals surface area contributed by atoms with Crippen LogP contribution in [0.15, 0.2) is 45.8 Å². The highest BCUT2D eigenvalue weighted by Crippen LogP contribution is 2.32. The molecule has 35 heavy (non-hydrogen) atoms. The standard InChI is InChI=1S/C25H24N4O5S/c1-2-27-7-9-28(10-8-27)23(30)19(14-26)25-29(15-18-4-3-11-32-18)24(31)22(35-25)13-17-5-6-20-21(12-17)34-16-33-20/h3-6,11-13H,2,7-10,15-16H2,1H3/b22-13-,25-19+. The quantitative estimate of drug-likeness (QED) is 0.523. The van der Waals surface area contributed by atoms with Crippen LogP contribution in [-0.2, 0) is 11.3 Å². The van der Waals surface area contributed by atoms with Gasteiger partial charge in [-0.05, 0) is 42.4 Å². The lowest BCUT2D eigenvalue weighted by molar-refractivity contribution is -0.126. The van der Waals surface area contributed by atoms with Crippen molar-refractivity contribution in [3.8, 4) is 17.6 Å². The molecular weight excluding hydrogens is 468 g/mol. The fraction of sp³-hybridized carbons (Fsp3) is 0.320. The predicted molar refractivity (Wildman–Crippen MR) is 129 cm³/mol. The van der Waals surface area contributed by atoms with E-state index in [2.05, 4.69) is 17.9 Å². The second-order valence-corrected chi connectivity index (χ2v) is 9.24. The third kappa shape index (κ3) is 4.60. The normalized spacial score (nSPS) is 16.9. The first-order valence-corrected chi connectivity index (χ1v) is 12.2. The van der Waals surface area contributed by atoms with E-state index in [-0.39, 0.29) is 30.4 Å². The van der Waals surface area contributed by atoms with Crippen LogP contribution in [0.5, 0.6) is 11.5 Å². The molecule has 3 aromatic rings. The molecule has 0 radical (unpaired) electrons. The summed E-state index contributed by atoms with van der Waals surface area (Å²) in [4.78, 5) is 30.8. The van der Waals surface area contributed by atoms with Crippen molar-refractivity contribution < 1.29 is 18.7 Å². The van der Waals surface area contributed by atoms with Crippen LogP contribution < -0.4 is 24.2 Å². The van der Waals surface area contributed by atoms with Crippen molar-refractivity contribution in [3.63, 3.8) is 0 Å². The SMILES string of the molecule is CCN1CCN(C(=O)/C(C#N)=c2/s/c(=C\c3ccc4c(c3)OCO4)c(=O)n2Cc2ccco2)CC1. The van der Waals surface area contributed by atoms with Crippen LogP contribution in [0.1, 0.15) is 18.2 Å². The number of likely N-dealkylation sites (N-methyl/N-ethyl adjacent to an activating group) is 1. The van der Waals surface area contributed by atoms with Crippen LogP contribution in [0.3, 0.4) is 0 Å². The first kappa shape index (κ1) is 23.0. The number of nitrogens with zero attached hydrogens (tertiary/aromatic N) is 4. The Kier molecular flexibility index (Phi) is 6.44. The number of benzene rings is 1. The van der Waals surface area contributed by atoms with Crippen molar-refractivity contribution in [2.45, 2.75) is 13.5 Å². The van der Waals surface area contributed by atoms with Crippen LogP contribution in [0.4, 0.5) is 0 Å². The Morgan fingerprint density at radius 1 is 1.17 bits per heavy atom. The molecule has 0 N–H and O–H groups in total. The number of nitriles is 1. The zero-order chi connectivity index (χ0) is 24.4. The van der Waals surface area contributed by atoms with Gasteiger partial charge in [0.1, 0.15) is 16.5 Å². The topological polar surface area (TPSA) is 101 Å². The zero-order valence-corrected chi connectivity index (χ0v) is 20.0. The predicted octanol–water partition coefficient (Wildman–Crippen LogP) is 0.947. The molecular formula is C25H24N4O5S. The molecule has 1 fully saturated rings. The summed E-state index contributed by atoms with van der Waals surface area (Å²) < 4.78 is 18.4. The van der Waals surface area contributed by atoms with Crippen LogP contribution in [0.2, 0.25) is 0 Å². The molecule has 0 aliphatic carbocycles. The van der Waals surface area contributed by atoms with Gasteiger partial charge in [-0.2, -0.15) is 5.26 Å². The van der Waals surface area contributed by atoms with E-state index in [4.69, 9.17) is 13.9 Å². The van der Waals surface area contributed by atoms with Gasteiger partial charge in [0.2, 0.25) is 6.79 Å². The van der Waals surface area contributed by atoms with Crippen molar-refractivity contribution in [1.82, 2.24) is 14.4 Å². The summed E-state index contributed by atoms with van der Waals surface area (Å²) in [6, 6.07) is 11.0. The molecule has 0 bridgehead atoms. The monoisotopic (exact) mass is 492 g/mol. The summed E-state index contributed by atoms with van der Waals surface area (Å²) in [5.41, 5.74) is 0.425. The van der Waals surface area contributed by atoms with Crippen LogP contribution in [-0.4, -0.2) is 59.8 Å². The number of carbonyl (C=O) groups excluding carboxylic acids is 1. The van der Waals surface area contributed by atoms with Gasteiger partial charge < -0.3 is 23.7 Å². The number of fused-ring (bicyclic) bond motifs is 1. The molecule has 1 aromatic carbocycles. The molecule has 2 aromatic heterocycles. The Labute approximate surface area is 205 Å². The van der Waals surface area contributed by atoms with Crippen molar-refractivity contribution in [1.29, 1.82) is 5.26 Å². The largest absolute Gasteiger partial charge is 0.467 e. The van der Waals surface area contributed by atoms with Crippen molar-refractivity contribution >= 4 is 28.9 Å². The van der Waals surface area contributed by atoms with Crippen LogP contribution in [0, 0.1) is 11.3 Å². The highest BCUT2D eigenvalue weighted by molar-refractivity contribution is 7.07. The molecule has 180 valence electrons. The third-order valence-electron chi connectivity index (χ3n) is 6.14. The molecule has 1 amide bonds. The molecule has 1 saturated heterocycles. The molecule has 2 aliphatic heterocycles. The maximum Gasteiger partial charge on any atom is 0.269 e. The highest BCUT2D eigenvalue weighted by Gasteiger charge is 2.25. The number of hydrogen-bond acceptors (Lipinski definition) is 8. The van der Waals surface area contributed by atoms with Gasteiger partial charge in [-0.3, -0.25) is 14.2 Å². The minimum atomic E-state index is -0.354. The van der Waals surface area contributed by atoms with Gasteiger partial charge in [0.15, 0.2) is 17.1 Å². The molecule has 10 heteroatoms. The second kappa shape index (κ2) is 9.82. The second-order valence-electron chi connectivity index (χ2n) is 8.21. The number of amides is 1. The van der Waals surface area contributed by atoms with Gasteiger partial charge >= 0.3 is 0 Å². The van der Waals surface area contributed by atoms with Crippen LogP contribution >= 0.6 is 11.3 Å². The lowest BCUT2D eigenvalue weighted by atomic mass is 10.2. The Hall–Kier alpha value is -3.81. The summed E-state index contributed by atoms with van der Waals surface area (Å²) in [5.74, 6) is 1.46. The Morgan fingerprint density at radius 3 is 2.69 bits per heavy atom. The Bertz CT molecular complexity index is 1460. The Morgan fingerprint density at radius 2 is 1.97 bits per heavy atom. The number of aromatic nitrogens is 1. The van der Waals surface area contributed by atoms with E-state index in [9.17, 15) is 14.9 Å². The van der Waals surface area contributed by atoms with Gasteiger partial charge in [0.05, 0.1) is 17.3 Å². The van der Waals surface area contributed by atoms with Gasteiger partial charge in [0.25, 0.3) is 11.5 Å². The maximum atomic E-state index is 13.4. The first-order chi connectivity index (χ1) is 17.1. The van der Waals surface area contributed by atoms with Gasteiger partial charge in [-0.25, -0.2) is 0 Å². The average molecular weight is 493 g/mol. The summed E-state index contributed by atoms with van der Waals surface area (Å²) >= 11 is 1.13. The van der Waals surface area contributed by atoms with Crippen LogP contribution in [0.25, 0.3) is 11.6 Å². The number of carbonyl (C=O) groups is 1. The van der Waals surface area contributed by atoms with Crippen molar-refractivity contribution in [3.05, 3.63) is 67.5 Å². The fourth-order valence-corrected chi connectivity index (χ4v) is 5.27. The summed E-state index contributed by atoms with van der Waals surface area (Å²) in [7, 11) is 0. The minimum Gasteiger partial charge on any atom is -0.467 e. The van der Waals surface area contributed by atoms with Gasteiger partial charge in [-0.1, -0.05) is 13.0 Å². The number of ether oxygens (including phenoxy) is 2. The van der Waals surface area contributed by atoms with E-state index >= 15 is 0 Å². The molecule has 4 heterocycles. The maximum absolute atomic E-state index is 13.4. The smallest absolute Gasteiger partial charge is 0.269 e. The van der Waals surface area contributed by atoms with Gasteiger partial charge in [0, 0.05) is 26.2 Å². The van der Waals surface area contributed by atoms with E-state index in [1.807, 2.05) is 6.07 Å². The third-order valence-corrected chi connectivity index (χ3v) is 7.27. The molecule has 0 spiro atoms. The molecule has 9 nitrogen and oxygen atoms in total. The van der Waals surface area contributed by atoms with E-state index in [0.717, 1.165) is 36.5 Å². The van der Waals surface area contributed by atoms with Crippen molar-refractivity contribution in [2.75, 3.05) is 39.5 Å². The highest BCUT2D eigenvalue weighted by atomic mass is 32.1. The molecule has 5 rings (SSSR count). The summed E-state index contributed by atoms with van der Waals surface area (Å²) in [5, 5.41) is 10.0. The van der Waals surface area contributed by atoms with E-state index < -0.39 is 0 Å². The minimum absolute atomic E-state index is 0.0334. The van der Waals surface area contributed by atoms with E-state index in [1.54, 1.807) is 35.2 Å². The Balaban J connectivity index is 1.61.